The van der Waals surface area contributed by atoms with Crippen LogP contribution in [0.1, 0.15) is 22.7 Å². The first-order valence-electron chi connectivity index (χ1n) is 8.28. The minimum atomic E-state index is -0.359. The van der Waals surface area contributed by atoms with Gasteiger partial charge in [-0.1, -0.05) is 72.8 Å². The summed E-state index contributed by atoms with van der Waals surface area (Å²) in [6.45, 7) is 0.577. The van der Waals surface area contributed by atoms with Crippen molar-refractivity contribution in [1.82, 2.24) is 5.32 Å². The molecule has 126 valence electrons. The summed E-state index contributed by atoms with van der Waals surface area (Å²) < 4.78 is 0. The Morgan fingerprint density at radius 2 is 1.48 bits per heavy atom. The fourth-order valence-corrected chi connectivity index (χ4v) is 2.86. The Labute approximate surface area is 147 Å². The average Bonchev–Trinajstić information content (AvgIpc) is 2.67. The molecule has 0 heterocycles. The van der Waals surface area contributed by atoms with Gasteiger partial charge in [0.2, 0.25) is 0 Å². The number of hydrogen-bond donors (Lipinski definition) is 1. The van der Waals surface area contributed by atoms with Crippen molar-refractivity contribution in [2.45, 2.75) is 19.0 Å². The van der Waals surface area contributed by atoms with Gasteiger partial charge in [0.1, 0.15) is 0 Å². The van der Waals surface area contributed by atoms with E-state index in [1.165, 1.54) is 17.2 Å². The monoisotopic (exact) mass is 332 g/mol. The molecule has 0 aromatic heterocycles. The lowest BCUT2D eigenvalue weighted by Crippen LogP contribution is -2.23. The van der Waals surface area contributed by atoms with E-state index in [0.29, 0.717) is 6.54 Å². The first-order valence-corrected chi connectivity index (χ1v) is 8.28. The molecule has 0 amide bonds. The maximum Gasteiger partial charge on any atom is 0.269 e. The van der Waals surface area contributed by atoms with Crippen LogP contribution in [0.4, 0.5) is 5.69 Å². The van der Waals surface area contributed by atoms with Crippen LogP contribution >= 0.6 is 0 Å². The topological polar surface area (TPSA) is 55.2 Å². The predicted octanol–water partition coefficient (Wildman–Crippen LogP) is 4.67. The molecule has 3 rings (SSSR count). The molecule has 25 heavy (non-hydrogen) atoms. The summed E-state index contributed by atoms with van der Waals surface area (Å²) in [7, 11) is 0. The Bertz CT molecular complexity index is 820. The summed E-state index contributed by atoms with van der Waals surface area (Å²) in [6, 6.07) is 27.5. The molecule has 0 bridgehead atoms. The van der Waals surface area contributed by atoms with Gasteiger partial charge in [0.15, 0.2) is 0 Å². The number of nitrogens with one attached hydrogen (secondary N) is 1. The molecular formula is C21H20N2O2. The third-order valence-electron chi connectivity index (χ3n) is 4.16. The average molecular weight is 332 g/mol. The van der Waals surface area contributed by atoms with Gasteiger partial charge in [-0.25, -0.2) is 0 Å². The van der Waals surface area contributed by atoms with Gasteiger partial charge in [0, 0.05) is 24.7 Å². The van der Waals surface area contributed by atoms with Gasteiger partial charge in [-0.3, -0.25) is 10.1 Å². The van der Waals surface area contributed by atoms with E-state index in [0.717, 1.165) is 12.0 Å². The van der Waals surface area contributed by atoms with E-state index >= 15 is 0 Å². The van der Waals surface area contributed by atoms with E-state index in [2.05, 4.69) is 29.6 Å². The summed E-state index contributed by atoms with van der Waals surface area (Å²) in [5.74, 6) is 0. The third-order valence-corrected chi connectivity index (χ3v) is 4.16. The van der Waals surface area contributed by atoms with Crippen molar-refractivity contribution in [3.05, 3.63) is 112 Å². The van der Waals surface area contributed by atoms with Gasteiger partial charge in [-0.05, 0) is 23.1 Å². The SMILES string of the molecule is O=[N+]([O-])c1cccc(CNC(Cc2ccccc2)c2ccccc2)c1. The van der Waals surface area contributed by atoms with Crippen LogP contribution in [0.3, 0.4) is 0 Å². The van der Waals surface area contributed by atoms with Crippen LogP contribution in [-0.2, 0) is 13.0 Å². The smallest absolute Gasteiger partial charge is 0.269 e. The molecule has 1 atom stereocenters. The molecule has 0 spiro atoms. The summed E-state index contributed by atoms with van der Waals surface area (Å²) in [5, 5.41) is 14.5. The zero-order valence-corrected chi connectivity index (χ0v) is 13.8. The van der Waals surface area contributed by atoms with E-state index in [1.807, 2.05) is 42.5 Å². The van der Waals surface area contributed by atoms with Gasteiger partial charge in [0.25, 0.3) is 5.69 Å². The van der Waals surface area contributed by atoms with Gasteiger partial charge >= 0.3 is 0 Å². The summed E-state index contributed by atoms with van der Waals surface area (Å²) in [5.41, 5.74) is 3.49. The number of hydrogen-bond acceptors (Lipinski definition) is 3. The van der Waals surface area contributed by atoms with Gasteiger partial charge < -0.3 is 5.32 Å². The van der Waals surface area contributed by atoms with Gasteiger partial charge in [-0.2, -0.15) is 0 Å². The molecule has 0 aliphatic carbocycles. The van der Waals surface area contributed by atoms with E-state index in [4.69, 9.17) is 0 Å². The summed E-state index contributed by atoms with van der Waals surface area (Å²) in [4.78, 5) is 10.6. The zero-order chi connectivity index (χ0) is 17.5. The Kier molecular flexibility index (Phi) is 5.54. The number of nitrogens with zero attached hydrogens (tertiary/aromatic N) is 1. The first kappa shape index (κ1) is 16.9. The lowest BCUT2D eigenvalue weighted by molar-refractivity contribution is -0.384. The molecule has 0 saturated heterocycles. The summed E-state index contributed by atoms with van der Waals surface area (Å²) in [6.07, 6.45) is 0.861. The number of nitro benzene ring substituents is 1. The van der Waals surface area contributed by atoms with Crippen LogP contribution in [0, 0.1) is 10.1 Å². The Hall–Kier alpha value is -2.98. The third kappa shape index (κ3) is 4.75. The minimum Gasteiger partial charge on any atom is -0.306 e. The van der Waals surface area contributed by atoms with E-state index in [9.17, 15) is 10.1 Å². The van der Waals surface area contributed by atoms with Crippen molar-refractivity contribution in [3.63, 3.8) is 0 Å². The minimum absolute atomic E-state index is 0.124. The highest BCUT2D eigenvalue weighted by Crippen LogP contribution is 2.20. The molecule has 0 saturated carbocycles. The standard InChI is InChI=1S/C21H20N2O2/c24-23(25)20-13-7-10-18(14-20)16-22-21(19-11-5-2-6-12-19)15-17-8-3-1-4-9-17/h1-14,21-22H,15-16H2. The lowest BCUT2D eigenvalue weighted by Gasteiger charge is -2.19. The Balaban J connectivity index is 1.76. The van der Waals surface area contributed by atoms with Crippen LogP contribution in [0.15, 0.2) is 84.9 Å². The molecule has 1 N–H and O–H groups in total. The number of nitro groups is 1. The molecule has 3 aromatic carbocycles. The molecule has 4 heteroatoms. The van der Waals surface area contributed by atoms with E-state index < -0.39 is 0 Å². The number of non-ortho nitro benzene ring substituents is 1. The highest BCUT2D eigenvalue weighted by atomic mass is 16.6. The normalized spacial score (nSPS) is 11.8. The first-order chi connectivity index (χ1) is 12.2. The van der Waals surface area contributed by atoms with Crippen LogP contribution in [0.5, 0.6) is 0 Å². The highest BCUT2D eigenvalue weighted by Gasteiger charge is 2.13. The molecule has 0 aliphatic heterocycles. The second-order valence-electron chi connectivity index (χ2n) is 5.96. The van der Waals surface area contributed by atoms with Crippen molar-refractivity contribution in [2.75, 3.05) is 0 Å². The van der Waals surface area contributed by atoms with Crippen LogP contribution in [0.25, 0.3) is 0 Å². The van der Waals surface area contributed by atoms with E-state index in [-0.39, 0.29) is 16.7 Å². The van der Waals surface area contributed by atoms with Crippen molar-refractivity contribution >= 4 is 5.69 Å². The second kappa shape index (κ2) is 8.22. The quantitative estimate of drug-likeness (QED) is 0.505. The highest BCUT2D eigenvalue weighted by molar-refractivity contribution is 5.34. The van der Waals surface area contributed by atoms with E-state index in [1.54, 1.807) is 12.1 Å². The zero-order valence-electron chi connectivity index (χ0n) is 13.8. The second-order valence-corrected chi connectivity index (χ2v) is 5.96. The van der Waals surface area contributed by atoms with Crippen molar-refractivity contribution in [1.29, 1.82) is 0 Å². The molecular weight excluding hydrogens is 312 g/mol. The van der Waals surface area contributed by atoms with Gasteiger partial charge in [0.05, 0.1) is 4.92 Å². The Morgan fingerprint density at radius 3 is 2.16 bits per heavy atom. The van der Waals surface area contributed by atoms with Crippen LogP contribution in [-0.4, -0.2) is 4.92 Å². The lowest BCUT2D eigenvalue weighted by atomic mass is 9.98. The van der Waals surface area contributed by atoms with Gasteiger partial charge in [-0.15, -0.1) is 0 Å². The molecule has 0 aliphatic rings. The fraction of sp³-hybridized carbons (Fsp3) is 0.143. The largest absolute Gasteiger partial charge is 0.306 e. The maximum absolute atomic E-state index is 10.9. The van der Waals surface area contributed by atoms with Crippen molar-refractivity contribution in [3.8, 4) is 0 Å². The van der Waals surface area contributed by atoms with Crippen LogP contribution in [0.2, 0.25) is 0 Å². The maximum atomic E-state index is 10.9. The number of rotatable bonds is 7. The van der Waals surface area contributed by atoms with Crippen molar-refractivity contribution in [2.24, 2.45) is 0 Å². The molecule has 1 unspecified atom stereocenters. The Morgan fingerprint density at radius 1 is 0.840 bits per heavy atom. The van der Waals surface area contributed by atoms with Crippen molar-refractivity contribution < 1.29 is 4.92 Å². The summed E-state index contributed by atoms with van der Waals surface area (Å²) >= 11 is 0. The predicted molar refractivity (Wildman–Crippen MR) is 99.3 cm³/mol. The fourth-order valence-electron chi connectivity index (χ4n) is 2.86. The molecule has 0 fully saturated rings. The molecule has 3 aromatic rings. The van der Waals surface area contributed by atoms with Crippen LogP contribution < -0.4 is 5.32 Å². The molecule has 0 radical (unpaired) electrons. The number of benzene rings is 3. The molecule has 4 nitrogen and oxygen atoms in total.